The molecule has 3 rings (SSSR count). The Hall–Kier alpha value is -1.10. The zero-order valence-electron chi connectivity index (χ0n) is 12.2. The third-order valence-electron chi connectivity index (χ3n) is 3.90. The summed E-state index contributed by atoms with van der Waals surface area (Å²) in [6, 6.07) is 5.51. The lowest BCUT2D eigenvalue weighted by Gasteiger charge is -2.21. The first kappa shape index (κ1) is 15.8. The van der Waals surface area contributed by atoms with Gasteiger partial charge in [0.25, 0.3) is 0 Å². The second-order valence-corrected chi connectivity index (χ2v) is 6.14. The van der Waals surface area contributed by atoms with Gasteiger partial charge in [-0.3, -0.25) is 0 Å². The summed E-state index contributed by atoms with van der Waals surface area (Å²) in [4.78, 5) is 8.79. The van der Waals surface area contributed by atoms with E-state index in [1.54, 1.807) is 6.07 Å². The van der Waals surface area contributed by atoms with Crippen LogP contribution in [-0.4, -0.2) is 29.8 Å². The second-order valence-electron chi connectivity index (χ2n) is 5.43. The van der Waals surface area contributed by atoms with E-state index < -0.39 is 0 Å². The third-order valence-corrected chi connectivity index (χ3v) is 4.37. The van der Waals surface area contributed by atoms with Crippen LogP contribution in [0, 0.1) is 5.92 Å². The van der Waals surface area contributed by atoms with E-state index in [1.807, 2.05) is 12.1 Å². The first-order chi connectivity index (χ1) is 10.8. The Bertz CT molecular complexity index is 645. The average molecular weight is 341 g/mol. The van der Waals surface area contributed by atoms with Gasteiger partial charge in [0.2, 0.25) is 5.88 Å². The van der Waals surface area contributed by atoms with Gasteiger partial charge < -0.3 is 9.47 Å². The number of ether oxygens (including phenoxy) is 2. The Morgan fingerprint density at radius 1 is 1.23 bits per heavy atom. The molecule has 1 aliphatic rings. The standard InChI is InChI=1S/C16H18Cl2N2O2/c17-10-15-19-14-9-12(18)1-2-13(14)16(20-15)22-8-5-11-3-6-21-7-4-11/h1-2,9,11H,3-8,10H2. The third kappa shape index (κ3) is 3.80. The lowest BCUT2D eigenvalue weighted by molar-refractivity contribution is 0.0592. The van der Waals surface area contributed by atoms with Gasteiger partial charge in [-0.2, -0.15) is 4.98 Å². The molecule has 1 aliphatic heterocycles. The van der Waals surface area contributed by atoms with Gasteiger partial charge >= 0.3 is 0 Å². The van der Waals surface area contributed by atoms with Crippen LogP contribution in [0.3, 0.4) is 0 Å². The van der Waals surface area contributed by atoms with Crippen LogP contribution < -0.4 is 4.74 Å². The van der Waals surface area contributed by atoms with Crippen LogP contribution in [0.25, 0.3) is 10.9 Å². The molecule has 0 atom stereocenters. The molecule has 22 heavy (non-hydrogen) atoms. The van der Waals surface area contributed by atoms with E-state index >= 15 is 0 Å². The molecule has 0 unspecified atom stereocenters. The molecule has 4 nitrogen and oxygen atoms in total. The van der Waals surface area contributed by atoms with Gasteiger partial charge in [-0.1, -0.05) is 11.6 Å². The minimum Gasteiger partial charge on any atom is -0.477 e. The van der Waals surface area contributed by atoms with Crippen molar-refractivity contribution in [3.8, 4) is 5.88 Å². The number of nitrogens with zero attached hydrogens (tertiary/aromatic N) is 2. The SMILES string of the molecule is ClCc1nc(OCCC2CCOCC2)c2ccc(Cl)cc2n1. The highest BCUT2D eigenvalue weighted by Gasteiger charge is 2.15. The molecule has 118 valence electrons. The fourth-order valence-electron chi connectivity index (χ4n) is 2.65. The lowest BCUT2D eigenvalue weighted by Crippen LogP contribution is -2.18. The molecular formula is C16H18Cl2N2O2. The molecule has 1 fully saturated rings. The van der Waals surface area contributed by atoms with E-state index in [9.17, 15) is 0 Å². The van der Waals surface area contributed by atoms with E-state index in [4.69, 9.17) is 32.7 Å². The van der Waals surface area contributed by atoms with Crippen molar-refractivity contribution < 1.29 is 9.47 Å². The Morgan fingerprint density at radius 2 is 2.05 bits per heavy atom. The van der Waals surface area contributed by atoms with Crippen LogP contribution in [0.15, 0.2) is 18.2 Å². The van der Waals surface area contributed by atoms with Crippen LogP contribution in [0.1, 0.15) is 25.1 Å². The van der Waals surface area contributed by atoms with Gasteiger partial charge in [0.05, 0.1) is 23.4 Å². The maximum Gasteiger partial charge on any atom is 0.224 e. The highest BCUT2D eigenvalue weighted by atomic mass is 35.5. The van der Waals surface area contributed by atoms with E-state index in [2.05, 4.69) is 9.97 Å². The maximum atomic E-state index is 6.03. The van der Waals surface area contributed by atoms with Gasteiger partial charge in [0.15, 0.2) is 0 Å². The van der Waals surface area contributed by atoms with E-state index in [1.165, 1.54) is 0 Å². The molecule has 1 aromatic carbocycles. The van der Waals surface area contributed by atoms with Crippen molar-refractivity contribution >= 4 is 34.1 Å². The second kappa shape index (κ2) is 7.44. The summed E-state index contributed by atoms with van der Waals surface area (Å²) in [5, 5.41) is 1.50. The highest BCUT2D eigenvalue weighted by molar-refractivity contribution is 6.31. The minimum absolute atomic E-state index is 0.249. The van der Waals surface area contributed by atoms with Gasteiger partial charge in [-0.15, -0.1) is 11.6 Å². The van der Waals surface area contributed by atoms with Crippen LogP contribution in [0.2, 0.25) is 5.02 Å². The number of fused-ring (bicyclic) bond motifs is 1. The van der Waals surface area contributed by atoms with Gasteiger partial charge in [-0.05, 0) is 43.4 Å². The Morgan fingerprint density at radius 3 is 2.82 bits per heavy atom. The Labute approximate surface area is 139 Å². The van der Waals surface area contributed by atoms with Gasteiger partial charge in [0, 0.05) is 18.2 Å². The molecule has 0 N–H and O–H groups in total. The summed E-state index contributed by atoms with van der Waals surface area (Å²) < 4.78 is 11.3. The molecule has 6 heteroatoms. The molecule has 0 saturated carbocycles. The molecular weight excluding hydrogens is 323 g/mol. The van der Waals surface area contributed by atoms with Crippen molar-refractivity contribution in [3.63, 3.8) is 0 Å². The van der Waals surface area contributed by atoms with Crippen LogP contribution in [0.4, 0.5) is 0 Å². The number of hydrogen-bond donors (Lipinski definition) is 0. The van der Waals surface area contributed by atoms with Crippen molar-refractivity contribution in [1.82, 2.24) is 9.97 Å². The van der Waals surface area contributed by atoms with Gasteiger partial charge in [0.1, 0.15) is 5.82 Å². The molecule has 0 radical (unpaired) electrons. The number of rotatable bonds is 5. The molecule has 2 heterocycles. The molecule has 0 bridgehead atoms. The van der Waals surface area contributed by atoms with E-state index in [0.717, 1.165) is 43.4 Å². The van der Waals surface area contributed by atoms with Crippen LogP contribution >= 0.6 is 23.2 Å². The molecule has 2 aromatic rings. The predicted molar refractivity (Wildman–Crippen MR) is 87.8 cm³/mol. The number of halogens is 2. The van der Waals surface area contributed by atoms with Crippen molar-refractivity contribution in [2.24, 2.45) is 5.92 Å². The Balaban J connectivity index is 1.74. The summed E-state index contributed by atoms with van der Waals surface area (Å²) in [6.07, 6.45) is 3.23. The largest absolute Gasteiger partial charge is 0.477 e. The zero-order valence-corrected chi connectivity index (χ0v) is 13.7. The summed E-state index contributed by atoms with van der Waals surface area (Å²) in [6.45, 7) is 2.35. The normalized spacial score (nSPS) is 16.1. The minimum atomic E-state index is 0.249. The summed E-state index contributed by atoms with van der Waals surface area (Å²) in [5.41, 5.74) is 0.763. The Kier molecular flexibility index (Phi) is 5.34. The molecule has 1 saturated heterocycles. The molecule has 0 spiro atoms. The van der Waals surface area contributed by atoms with Crippen molar-refractivity contribution in [2.75, 3.05) is 19.8 Å². The summed E-state index contributed by atoms with van der Waals surface area (Å²) >= 11 is 11.9. The first-order valence-corrected chi connectivity index (χ1v) is 8.40. The fraction of sp³-hybridized carbons (Fsp3) is 0.500. The lowest BCUT2D eigenvalue weighted by atomic mass is 9.97. The topological polar surface area (TPSA) is 44.2 Å². The molecule has 0 aliphatic carbocycles. The highest BCUT2D eigenvalue weighted by Crippen LogP contribution is 2.26. The summed E-state index contributed by atoms with van der Waals surface area (Å²) in [7, 11) is 0. The van der Waals surface area contributed by atoms with Gasteiger partial charge in [-0.25, -0.2) is 4.98 Å². The quantitative estimate of drug-likeness (QED) is 0.764. The fourth-order valence-corrected chi connectivity index (χ4v) is 2.93. The van der Waals surface area contributed by atoms with Crippen LogP contribution in [0.5, 0.6) is 5.88 Å². The maximum absolute atomic E-state index is 6.03. The van der Waals surface area contributed by atoms with Crippen molar-refractivity contribution in [1.29, 1.82) is 0 Å². The smallest absolute Gasteiger partial charge is 0.224 e. The number of hydrogen-bond acceptors (Lipinski definition) is 4. The summed E-state index contributed by atoms with van der Waals surface area (Å²) in [5.74, 6) is 2.06. The number of alkyl halides is 1. The van der Waals surface area contributed by atoms with E-state index in [0.29, 0.717) is 29.3 Å². The number of aromatic nitrogens is 2. The van der Waals surface area contributed by atoms with Crippen LogP contribution in [-0.2, 0) is 10.6 Å². The number of benzene rings is 1. The average Bonchev–Trinajstić information content (AvgIpc) is 2.55. The first-order valence-electron chi connectivity index (χ1n) is 7.49. The molecule has 0 amide bonds. The predicted octanol–water partition coefficient (Wildman–Crippen LogP) is 4.22. The monoisotopic (exact) mass is 340 g/mol. The van der Waals surface area contributed by atoms with Crippen molar-refractivity contribution in [3.05, 3.63) is 29.0 Å². The zero-order chi connectivity index (χ0) is 15.4. The van der Waals surface area contributed by atoms with E-state index in [-0.39, 0.29) is 5.88 Å². The molecule has 1 aromatic heterocycles. The van der Waals surface area contributed by atoms with Crippen molar-refractivity contribution in [2.45, 2.75) is 25.1 Å².